The highest BCUT2D eigenvalue weighted by Crippen LogP contribution is 2.39. The average Bonchev–Trinajstić information content (AvgIpc) is 2.93. The molecule has 0 saturated carbocycles. The summed E-state index contributed by atoms with van der Waals surface area (Å²) >= 11 is 4.82. The van der Waals surface area contributed by atoms with E-state index in [-0.39, 0.29) is 15.3 Å². The summed E-state index contributed by atoms with van der Waals surface area (Å²) in [6.07, 6.45) is 4.24. The molecule has 0 aliphatic carbocycles. The van der Waals surface area contributed by atoms with Gasteiger partial charge in [-0.3, -0.25) is 4.98 Å². The van der Waals surface area contributed by atoms with Crippen molar-refractivity contribution in [2.24, 2.45) is 11.1 Å². The van der Waals surface area contributed by atoms with Crippen LogP contribution >= 0.6 is 12.2 Å². The van der Waals surface area contributed by atoms with Gasteiger partial charge < -0.3 is 5.73 Å². The van der Waals surface area contributed by atoms with Crippen molar-refractivity contribution in [3.05, 3.63) is 24.0 Å². The van der Waals surface area contributed by atoms with Gasteiger partial charge in [0, 0.05) is 19.3 Å². The Morgan fingerprint density at radius 3 is 2.52 bits per heavy atom. The second-order valence-corrected chi connectivity index (χ2v) is 7.92. The first-order chi connectivity index (χ1) is 9.84. The standard InChI is InChI=1S/C14H21N3O2S2/c1-3-14(4-2)7-8-17(10-14)21(18,19)11-5-6-12(13(15)20)16-9-11/h5-6,9H,3-4,7-8,10H2,1-2H3,(H2,15,20). The van der Waals surface area contributed by atoms with Crippen molar-refractivity contribution < 1.29 is 8.42 Å². The Balaban J connectivity index is 2.25. The third-order valence-corrected chi connectivity index (χ3v) is 6.57. The molecule has 21 heavy (non-hydrogen) atoms. The molecule has 116 valence electrons. The normalized spacial score (nSPS) is 18.8. The van der Waals surface area contributed by atoms with E-state index in [0.717, 1.165) is 19.3 Å². The van der Waals surface area contributed by atoms with Gasteiger partial charge in [-0.05, 0) is 36.8 Å². The monoisotopic (exact) mass is 327 g/mol. The minimum Gasteiger partial charge on any atom is -0.388 e. The Morgan fingerprint density at radius 1 is 1.43 bits per heavy atom. The number of aromatic nitrogens is 1. The second kappa shape index (κ2) is 5.98. The van der Waals surface area contributed by atoms with Crippen LogP contribution in [0.2, 0.25) is 0 Å². The van der Waals surface area contributed by atoms with Gasteiger partial charge in [-0.2, -0.15) is 4.31 Å². The molecule has 0 radical (unpaired) electrons. The van der Waals surface area contributed by atoms with Gasteiger partial charge in [0.05, 0.1) is 5.69 Å². The molecule has 1 aliphatic heterocycles. The van der Waals surface area contributed by atoms with Crippen LogP contribution in [0.3, 0.4) is 0 Å². The van der Waals surface area contributed by atoms with E-state index in [4.69, 9.17) is 18.0 Å². The molecule has 1 saturated heterocycles. The van der Waals surface area contributed by atoms with E-state index in [0.29, 0.717) is 18.8 Å². The second-order valence-electron chi connectivity index (χ2n) is 5.54. The predicted molar refractivity (Wildman–Crippen MR) is 86.5 cm³/mol. The molecule has 0 atom stereocenters. The molecule has 7 heteroatoms. The zero-order valence-electron chi connectivity index (χ0n) is 12.4. The van der Waals surface area contributed by atoms with Crippen LogP contribution in [-0.4, -0.2) is 35.8 Å². The van der Waals surface area contributed by atoms with Crippen molar-refractivity contribution >= 4 is 27.2 Å². The first-order valence-corrected chi connectivity index (χ1v) is 8.95. The largest absolute Gasteiger partial charge is 0.388 e. The summed E-state index contributed by atoms with van der Waals surface area (Å²) in [6.45, 7) is 5.40. The number of nitrogens with zero attached hydrogens (tertiary/aromatic N) is 2. The maximum absolute atomic E-state index is 12.7. The van der Waals surface area contributed by atoms with Crippen molar-refractivity contribution in [3.8, 4) is 0 Å². The number of sulfonamides is 1. The van der Waals surface area contributed by atoms with Crippen LogP contribution in [0.25, 0.3) is 0 Å². The third kappa shape index (κ3) is 3.09. The van der Waals surface area contributed by atoms with Crippen LogP contribution in [0, 0.1) is 5.41 Å². The van der Waals surface area contributed by atoms with Gasteiger partial charge in [0.1, 0.15) is 9.88 Å². The van der Waals surface area contributed by atoms with Crippen LogP contribution in [0.5, 0.6) is 0 Å². The van der Waals surface area contributed by atoms with E-state index in [9.17, 15) is 8.42 Å². The molecule has 1 aromatic heterocycles. The van der Waals surface area contributed by atoms with Crippen LogP contribution in [0.1, 0.15) is 38.8 Å². The minimum absolute atomic E-state index is 0.110. The molecule has 0 aromatic carbocycles. The van der Waals surface area contributed by atoms with Gasteiger partial charge in [0.25, 0.3) is 0 Å². The molecular weight excluding hydrogens is 306 g/mol. The Bertz CT molecular complexity index is 622. The highest BCUT2D eigenvalue weighted by atomic mass is 32.2. The number of hydrogen-bond donors (Lipinski definition) is 1. The quantitative estimate of drug-likeness (QED) is 0.836. The topological polar surface area (TPSA) is 76.3 Å². The van der Waals surface area contributed by atoms with Gasteiger partial charge in [0.15, 0.2) is 0 Å². The smallest absolute Gasteiger partial charge is 0.244 e. The van der Waals surface area contributed by atoms with Crippen LogP contribution in [-0.2, 0) is 10.0 Å². The molecule has 2 heterocycles. The molecule has 0 unspecified atom stereocenters. The zero-order chi connectivity index (χ0) is 15.7. The SMILES string of the molecule is CCC1(CC)CCN(S(=O)(=O)c2ccc(C(N)=S)nc2)C1. The van der Waals surface area contributed by atoms with Gasteiger partial charge in [0.2, 0.25) is 10.0 Å². The van der Waals surface area contributed by atoms with Gasteiger partial charge >= 0.3 is 0 Å². The molecule has 5 nitrogen and oxygen atoms in total. The van der Waals surface area contributed by atoms with Gasteiger partial charge in [-0.15, -0.1) is 0 Å². The van der Waals surface area contributed by atoms with Crippen molar-refractivity contribution in [1.82, 2.24) is 9.29 Å². The van der Waals surface area contributed by atoms with Crippen molar-refractivity contribution in [3.63, 3.8) is 0 Å². The van der Waals surface area contributed by atoms with Crippen molar-refractivity contribution in [1.29, 1.82) is 0 Å². The Labute approximate surface area is 131 Å². The van der Waals surface area contributed by atoms with Crippen molar-refractivity contribution in [2.75, 3.05) is 13.1 Å². The summed E-state index contributed by atoms with van der Waals surface area (Å²) in [5.41, 5.74) is 6.02. The van der Waals surface area contributed by atoms with Crippen LogP contribution in [0.4, 0.5) is 0 Å². The van der Waals surface area contributed by atoms with Crippen molar-refractivity contribution in [2.45, 2.75) is 38.0 Å². The van der Waals surface area contributed by atoms with E-state index in [2.05, 4.69) is 18.8 Å². The maximum atomic E-state index is 12.7. The lowest BCUT2D eigenvalue weighted by Gasteiger charge is -2.26. The Kier molecular flexibility index (Phi) is 4.65. The summed E-state index contributed by atoms with van der Waals surface area (Å²) in [4.78, 5) is 4.38. The summed E-state index contributed by atoms with van der Waals surface area (Å²) < 4.78 is 26.9. The number of thiocarbonyl (C=S) groups is 1. The third-order valence-electron chi connectivity index (χ3n) is 4.53. The van der Waals surface area contributed by atoms with Gasteiger partial charge in [-0.25, -0.2) is 8.42 Å². The summed E-state index contributed by atoms with van der Waals surface area (Å²) in [6, 6.07) is 3.08. The zero-order valence-corrected chi connectivity index (χ0v) is 14.0. The van der Waals surface area contributed by atoms with E-state index >= 15 is 0 Å². The van der Waals surface area contributed by atoms with Crippen LogP contribution in [0.15, 0.2) is 23.2 Å². The number of rotatable bonds is 5. The van der Waals surface area contributed by atoms with Crippen LogP contribution < -0.4 is 5.73 Å². The lowest BCUT2D eigenvalue weighted by Crippen LogP contribution is -2.32. The van der Waals surface area contributed by atoms with E-state index in [1.807, 2.05) is 0 Å². The summed E-state index contributed by atoms with van der Waals surface area (Å²) in [5, 5.41) is 0. The molecule has 0 bridgehead atoms. The predicted octanol–water partition coefficient (Wildman–Crippen LogP) is 1.92. The molecule has 2 rings (SSSR count). The molecule has 1 aromatic rings. The molecule has 0 amide bonds. The maximum Gasteiger partial charge on any atom is 0.244 e. The molecule has 0 spiro atoms. The number of pyridine rings is 1. The van der Waals surface area contributed by atoms with E-state index in [1.54, 1.807) is 10.4 Å². The molecule has 1 aliphatic rings. The van der Waals surface area contributed by atoms with Gasteiger partial charge in [-0.1, -0.05) is 26.1 Å². The fourth-order valence-electron chi connectivity index (χ4n) is 2.75. The number of nitrogens with two attached hydrogens (primary N) is 1. The first kappa shape index (κ1) is 16.3. The average molecular weight is 327 g/mol. The fourth-order valence-corrected chi connectivity index (χ4v) is 4.37. The highest BCUT2D eigenvalue weighted by Gasteiger charge is 2.40. The minimum atomic E-state index is -3.49. The van der Waals surface area contributed by atoms with E-state index < -0.39 is 10.0 Å². The number of hydrogen-bond acceptors (Lipinski definition) is 4. The molecular formula is C14H21N3O2S2. The Morgan fingerprint density at radius 2 is 2.10 bits per heavy atom. The molecule has 1 fully saturated rings. The fraction of sp³-hybridized carbons (Fsp3) is 0.571. The Hall–Kier alpha value is -1.05. The summed E-state index contributed by atoms with van der Waals surface area (Å²) in [5.74, 6) is 0. The lowest BCUT2D eigenvalue weighted by molar-refractivity contribution is 0.279. The highest BCUT2D eigenvalue weighted by molar-refractivity contribution is 7.89. The van der Waals surface area contributed by atoms with E-state index in [1.165, 1.54) is 12.3 Å². The summed E-state index contributed by atoms with van der Waals surface area (Å²) in [7, 11) is -3.49. The lowest BCUT2D eigenvalue weighted by atomic mass is 9.82. The molecule has 2 N–H and O–H groups in total. The first-order valence-electron chi connectivity index (χ1n) is 7.10.